The molecular formula is C9H19N3O4. The van der Waals surface area contributed by atoms with Gasteiger partial charge in [0.2, 0.25) is 0 Å². The minimum atomic E-state index is -2.14. The molecule has 0 rings (SSSR count). The van der Waals surface area contributed by atoms with Gasteiger partial charge in [0.15, 0.2) is 5.66 Å². The highest BCUT2D eigenvalue weighted by Crippen LogP contribution is 2.11. The predicted molar refractivity (Wildman–Crippen MR) is 57.2 cm³/mol. The van der Waals surface area contributed by atoms with Crippen LogP contribution in [0.4, 0.5) is 0 Å². The van der Waals surface area contributed by atoms with Crippen LogP contribution in [0.2, 0.25) is 0 Å². The summed E-state index contributed by atoms with van der Waals surface area (Å²) in [5.74, 6) is -2.11. The predicted octanol–water partition coefficient (Wildman–Crippen LogP) is -1.26. The zero-order valence-corrected chi connectivity index (χ0v) is 9.69. The first-order valence-electron chi connectivity index (χ1n) is 4.75. The molecule has 16 heavy (non-hydrogen) atoms. The van der Waals surface area contributed by atoms with Crippen molar-refractivity contribution in [1.29, 1.82) is 0 Å². The molecule has 0 aromatic carbocycles. The molecule has 0 aliphatic heterocycles. The van der Waals surface area contributed by atoms with E-state index < -0.39 is 29.2 Å². The van der Waals surface area contributed by atoms with Crippen molar-refractivity contribution < 1.29 is 19.4 Å². The number of ether oxygens (including phenoxy) is 1. The maximum Gasteiger partial charge on any atom is 0.340 e. The van der Waals surface area contributed by atoms with E-state index >= 15 is 0 Å². The summed E-state index contributed by atoms with van der Waals surface area (Å²) in [6.45, 7) is 5.06. The quantitative estimate of drug-likeness (QED) is 0.351. The van der Waals surface area contributed by atoms with E-state index in [0.29, 0.717) is 0 Å². The standard InChI is InChI=1S/C9H19N3O4/c1-8(2,3)16-6(13)4-5(10)9(11,12)7(14)15/h5H,4,10-12H2,1-3H3,(H,14,15)/t5-/m1/s1. The molecular weight excluding hydrogens is 214 g/mol. The molecule has 0 aliphatic carbocycles. The van der Waals surface area contributed by atoms with Crippen LogP contribution in [0.1, 0.15) is 27.2 Å². The number of hydrogen-bond donors (Lipinski definition) is 4. The molecule has 0 radical (unpaired) electrons. The van der Waals surface area contributed by atoms with Gasteiger partial charge < -0.3 is 27.0 Å². The Kier molecular flexibility index (Phi) is 4.42. The zero-order chi connectivity index (χ0) is 13.1. The maximum absolute atomic E-state index is 11.3. The summed E-state index contributed by atoms with van der Waals surface area (Å²) in [6.07, 6.45) is -0.351. The third-order valence-electron chi connectivity index (χ3n) is 1.79. The zero-order valence-electron chi connectivity index (χ0n) is 9.69. The topological polar surface area (TPSA) is 142 Å². The van der Waals surface area contributed by atoms with Gasteiger partial charge in [0.25, 0.3) is 0 Å². The van der Waals surface area contributed by atoms with Crippen LogP contribution in [0.25, 0.3) is 0 Å². The van der Waals surface area contributed by atoms with E-state index in [0.717, 1.165) is 0 Å². The Morgan fingerprint density at radius 2 is 1.75 bits per heavy atom. The van der Waals surface area contributed by atoms with Gasteiger partial charge in [0.1, 0.15) is 5.60 Å². The van der Waals surface area contributed by atoms with E-state index in [2.05, 4.69) is 0 Å². The summed E-state index contributed by atoms with van der Waals surface area (Å²) in [7, 11) is 0. The normalized spacial score (nSPS) is 14.4. The van der Waals surface area contributed by atoms with Crippen LogP contribution in [0, 0.1) is 0 Å². The Labute approximate surface area is 93.9 Å². The Hall–Kier alpha value is -1.18. The third kappa shape index (κ3) is 4.56. The lowest BCUT2D eigenvalue weighted by Gasteiger charge is -2.27. The van der Waals surface area contributed by atoms with E-state index in [1.807, 2.05) is 0 Å². The second-order valence-electron chi connectivity index (χ2n) is 4.64. The van der Waals surface area contributed by atoms with Crippen molar-refractivity contribution in [3.8, 4) is 0 Å². The smallest absolute Gasteiger partial charge is 0.340 e. The van der Waals surface area contributed by atoms with Crippen LogP contribution >= 0.6 is 0 Å². The molecule has 7 heteroatoms. The summed E-state index contributed by atoms with van der Waals surface area (Å²) < 4.78 is 4.96. The lowest BCUT2D eigenvalue weighted by Crippen LogP contribution is -2.68. The van der Waals surface area contributed by atoms with Crippen LogP contribution in [-0.4, -0.2) is 34.4 Å². The first-order chi connectivity index (χ1) is 6.97. The summed E-state index contributed by atoms with van der Waals surface area (Å²) in [6, 6.07) is -1.21. The van der Waals surface area contributed by atoms with Crippen molar-refractivity contribution in [2.45, 2.75) is 44.5 Å². The van der Waals surface area contributed by atoms with Gasteiger partial charge in [0.05, 0.1) is 12.5 Å². The van der Waals surface area contributed by atoms with Crippen molar-refractivity contribution in [1.82, 2.24) is 0 Å². The van der Waals surface area contributed by atoms with Gasteiger partial charge in [-0.15, -0.1) is 0 Å². The summed E-state index contributed by atoms with van der Waals surface area (Å²) in [5, 5.41) is 8.68. The van der Waals surface area contributed by atoms with Gasteiger partial charge in [0, 0.05) is 0 Å². The van der Waals surface area contributed by atoms with Gasteiger partial charge in [-0.2, -0.15) is 0 Å². The monoisotopic (exact) mass is 233 g/mol. The second kappa shape index (κ2) is 4.77. The number of esters is 1. The number of carbonyl (C=O) groups is 2. The van der Waals surface area contributed by atoms with Crippen LogP contribution in [0.3, 0.4) is 0 Å². The van der Waals surface area contributed by atoms with Crippen LogP contribution in [-0.2, 0) is 14.3 Å². The maximum atomic E-state index is 11.3. The molecule has 0 spiro atoms. The Balaban J connectivity index is 4.41. The first kappa shape index (κ1) is 14.8. The van der Waals surface area contributed by atoms with E-state index in [-0.39, 0.29) is 6.42 Å². The Morgan fingerprint density at radius 1 is 1.31 bits per heavy atom. The number of carboxylic acid groups (broad SMARTS) is 1. The Morgan fingerprint density at radius 3 is 2.06 bits per heavy atom. The van der Waals surface area contributed by atoms with Crippen LogP contribution < -0.4 is 17.2 Å². The molecule has 0 amide bonds. The molecule has 1 atom stereocenters. The molecule has 0 saturated heterocycles. The highest BCUT2D eigenvalue weighted by molar-refractivity contribution is 5.80. The molecule has 0 aliphatic rings. The van der Waals surface area contributed by atoms with E-state index in [1.54, 1.807) is 20.8 Å². The molecule has 7 N–H and O–H groups in total. The van der Waals surface area contributed by atoms with E-state index in [1.165, 1.54) is 0 Å². The highest BCUT2D eigenvalue weighted by atomic mass is 16.6. The van der Waals surface area contributed by atoms with Gasteiger partial charge in [-0.1, -0.05) is 0 Å². The average molecular weight is 233 g/mol. The number of nitrogens with two attached hydrogens (primary N) is 3. The molecule has 0 heterocycles. The van der Waals surface area contributed by atoms with E-state index in [4.69, 9.17) is 27.0 Å². The fourth-order valence-corrected chi connectivity index (χ4v) is 0.890. The number of aliphatic carboxylic acids is 1. The molecule has 0 bridgehead atoms. The number of rotatable bonds is 4. The largest absolute Gasteiger partial charge is 0.479 e. The SMILES string of the molecule is CC(C)(C)OC(=O)C[C@@H](N)C(N)(N)C(=O)O. The third-order valence-corrected chi connectivity index (χ3v) is 1.79. The summed E-state index contributed by atoms with van der Waals surface area (Å²) in [5.41, 5.74) is 13.2. The molecule has 7 nitrogen and oxygen atoms in total. The molecule has 0 aromatic heterocycles. The van der Waals surface area contributed by atoms with Crippen molar-refractivity contribution in [2.24, 2.45) is 17.2 Å². The molecule has 0 saturated carbocycles. The fourth-order valence-electron chi connectivity index (χ4n) is 0.890. The Bertz CT molecular complexity index is 283. The van der Waals surface area contributed by atoms with Gasteiger partial charge >= 0.3 is 11.9 Å². The van der Waals surface area contributed by atoms with E-state index in [9.17, 15) is 9.59 Å². The van der Waals surface area contributed by atoms with Crippen LogP contribution in [0.5, 0.6) is 0 Å². The molecule has 0 fully saturated rings. The van der Waals surface area contributed by atoms with Gasteiger partial charge in [-0.3, -0.25) is 4.79 Å². The fraction of sp³-hybridized carbons (Fsp3) is 0.778. The lowest BCUT2D eigenvalue weighted by molar-refractivity contribution is -0.156. The van der Waals surface area contributed by atoms with Gasteiger partial charge in [-0.05, 0) is 20.8 Å². The summed E-state index contributed by atoms with van der Waals surface area (Å²) in [4.78, 5) is 22.0. The van der Waals surface area contributed by atoms with Crippen molar-refractivity contribution in [3.63, 3.8) is 0 Å². The first-order valence-corrected chi connectivity index (χ1v) is 4.75. The van der Waals surface area contributed by atoms with Crippen molar-refractivity contribution >= 4 is 11.9 Å². The molecule has 0 aromatic rings. The summed E-state index contributed by atoms with van der Waals surface area (Å²) >= 11 is 0. The number of carboxylic acids is 1. The molecule has 94 valence electrons. The number of hydrogen-bond acceptors (Lipinski definition) is 6. The van der Waals surface area contributed by atoms with Gasteiger partial charge in [-0.25, -0.2) is 4.79 Å². The minimum absolute atomic E-state index is 0.351. The average Bonchev–Trinajstić information content (AvgIpc) is 1.99. The minimum Gasteiger partial charge on any atom is -0.479 e. The van der Waals surface area contributed by atoms with Crippen molar-refractivity contribution in [2.75, 3.05) is 0 Å². The van der Waals surface area contributed by atoms with Crippen LogP contribution in [0.15, 0.2) is 0 Å². The van der Waals surface area contributed by atoms with Crippen molar-refractivity contribution in [3.05, 3.63) is 0 Å². The second-order valence-corrected chi connectivity index (χ2v) is 4.64. The highest BCUT2D eigenvalue weighted by Gasteiger charge is 2.38. The lowest BCUT2D eigenvalue weighted by atomic mass is 10.0. The molecule has 0 unspecified atom stereocenters. The number of carbonyl (C=O) groups excluding carboxylic acids is 1.